The van der Waals surface area contributed by atoms with E-state index in [1.54, 1.807) is 24.3 Å². The van der Waals surface area contributed by atoms with E-state index in [-0.39, 0.29) is 18.3 Å². The van der Waals surface area contributed by atoms with Gasteiger partial charge in [-0.25, -0.2) is 9.37 Å². The van der Waals surface area contributed by atoms with Crippen molar-refractivity contribution in [1.29, 1.82) is 0 Å². The van der Waals surface area contributed by atoms with Crippen LogP contribution in [-0.2, 0) is 6.54 Å². The van der Waals surface area contributed by atoms with Gasteiger partial charge in [0.15, 0.2) is 5.65 Å². The van der Waals surface area contributed by atoms with Crippen LogP contribution in [0.2, 0.25) is 5.02 Å². The number of nitrogens with one attached hydrogen (secondary N) is 2. The van der Waals surface area contributed by atoms with Gasteiger partial charge in [0.1, 0.15) is 5.82 Å². The number of benzene rings is 3. The summed E-state index contributed by atoms with van der Waals surface area (Å²) >= 11 is 6.26. The number of carbonyl (C=O) groups is 1. The Morgan fingerprint density at radius 3 is 2.44 bits per heavy atom. The number of amides is 1. The minimum Gasteiger partial charge on any atom is -0.348 e. The summed E-state index contributed by atoms with van der Waals surface area (Å²) in [5, 5.41) is 11.5. The number of nitrogens with zero attached hydrogens (tertiary/aromatic N) is 2. The molecule has 0 aliphatic rings. The van der Waals surface area contributed by atoms with Crippen molar-refractivity contribution >= 4 is 28.5 Å². The molecule has 0 unspecified atom stereocenters. The van der Waals surface area contributed by atoms with Crippen molar-refractivity contribution in [2.24, 2.45) is 0 Å². The summed E-state index contributed by atoms with van der Waals surface area (Å²) in [5.41, 5.74) is 5.57. The number of fused-ring (bicyclic) bond motifs is 1. The summed E-state index contributed by atoms with van der Waals surface area (Å²) in [4.78, 5) is 18.1. The third-order valence-electron chi connectivity index (χ3n) is 5.65. The second kappa shape index (κ2) is 9.08. The lowest BCUT2D eigenvalue weighted by molar-refractivity contribution is 0.0952. The maximum Gasteiger partial charge on any atom is 0.252 e. The minimum absolute atomic E-state index is 0.270. The number of aryl methyl sites for hydroxylation is 1. The average molecular weight is 471 g/mol. The molecule has 2 N–H and O–H groups in total. The maximum atomic E-state index is 13.5. The van der Waals surface area contributed by atoms with E-state index in [2.05, 4.69) is 15.5 Å². The van der Waals surface area contributed by atoms with E-state index in [0.29, 0.717) is 38.6 Å². The highest BCUT2D eigenvalue weighted by molar-refractivity contribution is 6.31. The molecule has 0 aliphatic carbocycles. The van der Waals surface area contributed by atoms with Crippen molar-refractivity contribution in [3.8, 4) is 22.5 Å². The number of hydrogen-bond donors (Lipinski definition) is 2. The van der Waals surface area contributed by atoms with Crippen molar-refractivity contribution < 1.29 is 9.18 Å². The van der Waals surface area contributed by atoms with Crippen molar-refractivity contribution in [2.45, 2.75) is 13.5 Å². The fourth-order valence-electron chi connectivity index (χ4n) is 3.81. The number of rotatable bonds is 5. The number of hydrogen-bond acceptors (Lipinski definition) is 3. The van der Waals surface area contributed by atoms with Crippen LogP contribution in [0.4, 0.5) is 4.39 Å². The van der Waals surface area contributed by atoms with Crippen LogP contribution in [0.5, 0.6) is 0 Å². The molecule has 7 heteroatoms. The van der Waals surface area contributed by atoms with Gasteiger partial charge in [-0.05, 0) is 48.9 Å². The van der Waals surface area contributed by atoms with Crippen molar-refractivity contribution in [2.75, 3.05) is 0 Å². The van der Waals surface area contributed by atoms with Crippen LogP contribution in [0, 0.1) is 12.7 Å². The van der Waals surface area contributed by atoms with Crippen LogP contribution in [0.1, 0.15) is 21.5 Å². The first-order valence-electron chi connectivity index (χ1n) is 10.7. The molecule has 1 amide bonds. The van der Waals surface area contributed by atoms with Crippen molar-refractivity contribution in [1.82, 2.24) is 20.5 Å². The second-order valence-corrected chi connectivity index (χ2v) is 8.41. The number of aromatic amines is 1. The van der Waals surface area contributed by atoms with Crippen molar-refractivity contribution in [3.63, 3.8) is 0 Å². The van der Waals surface area contributed by atoms with Gasteiger partial charge in [-0.1, -0.05) is 59.6 Å². The summed E-state index contributed by atoms with van der Waals surface area (Å²) in [6.45, 7) is 2.28. The average Bonchev–Trinajstić information content (AvgIpc) is 3.28. The zero-order valence-electron chi connectivity index (χ0n) is 18.3. The summed E-state index contributed by atoms with van der Waals surface area (Å²) in [6.07, 6.45) is 0. The van der Waals surface area contributed by atoms with Crippen LogP contribution in [0.3, 0.4) is 0 Å². The smallest absolute Gasteiger partial charge is 0.252 e. The van der Waals surface area contributed by atoms with Gasteiger partial charge in [0.05, 0.1) is 22.3 Å². The van der Waals surface area contributed by atoms with Crippen molar-refractivity contribution in [3.05, 3.63) is 106 Å². The maximum absolute atomic E-state index is 13.5. The minimum atomic E-state index is -0.343. The Morgan fingerprint density at radius 2 is 1.71 bits per heavy atom. The SMILES string of the molecule is Cc1ccc(-c2cc(C(=O)NCc3ccccc3Cl)c3c(-c4ccc(F)cc4)[nH]nc3n2)cc1. The molecule has 2 aromatic heterocycles. The summed E-state index contributed by atoms with van der Waals surface area (Å²) in [7, 11) is 0. The molecule has 2 heterocycles. The molecule has 0 aliphatic heterocycles. The molecule has 5 nitrogen and oxygen atoms in total. The van der Waals surface area contributed by atoms with Gasteiger partial charge in [0, 0.05) is 22.7 Å². The number of carbonyl (C=O) groups excluding carboxylic acids is 1. The van der Waals surface area contributed by atoms with E-state index in [4.69, 9.17) is 16.6 Å². The summed E-state index contributed by atoms with van der Waals surface area (Å²) in [6, 6.07) is 23.0. The predicted molar refractivity (Wildman–Crippen MR) is 132 cm³/mol. The van der Waals surface area contributed by atoms with Crippen LogP contribution in [-0.4, -0.2) is 21.1 Å². The fraction of sp³-hybridized carbons (Fsp3) is 0.0741. The van der Waals surface area contributed by atoms with E-state index in [1.165, 1.54) is 12.1 Å². The monoisotopic (exact) mass is 470 g/mol. The van der Waals surface area contributed by atoms with E-state index in [9.17, 15) is 9.18 Å². The molecule has 0 radical (unpaired) electrons. The first-order valence-corrected chi connectivity index (χ1v) is 11.1. The van der Waals surface area contributed by atoms with Gasteiger partial charge in [0.25, 0.3) is 5.91 Å². The van der Waals surface area contributed by atoms with Gasteiger partial charge in [-0.15, -0.1) is 0 Å². The topological polar surface area (TPSA) is 70.7 Å². The highest BCUT2D eigenvalue weighted by Gasteiger charge is 2.20. The predicted octanol–water partition coefficient (Wildman–Crippen LogP) is 6.32. The number of H-pyrrole nitrogens is 1. The number of pyridine rings is 1. The molecule has 0 fully saturated rings. The van der Waals surface area contributed by atoms with E-state index in [1.807, 2.05) is 49.4 Å². The lowest BCUT2D eigenvalue weighted by Crippen LogP contribution is -2.23. The Morgan fingerprint density at radius 1 is 1.00 bits per heavy atom. The molecular weight excluding hydrogens is 451 g/mol. The molecule has 3 aromatic carbocycles. The van der Waals surface area contributed by atoms with E-state index in [0.717, 1.165) is 16.7 Å². The lowest BCUT2D eigenvalue weighted by atomic mass is 10.0. The standard InChI is InChI=1S/C27H20ClFN4O/c1-16-6-8-17(9-7-16)23-14-21(27(34)30-15-19-4-2-3-5-22(19)28)24-25(32-33-26(24)31-23)18-10-12-20(29)13-11-18/h2-14H,15H2,1H3,(H,30,34)(H,31,32,33). The molecule has 168 valence electrons. The largest absolute Gasteiger partial charge is 0.348 e. The fourth-order valence-corrected chi connectivity index (χ4v) is 4.02. The third kappa shape index (κ3) is 4.28. The molecule has 5 rings (SSSR count). The highest BCUT2D eigenvalue weighted by atomic mass is 35.5. The summed E-state index contributed by atoms with van der Waals surface area (Å²) in [5.74, 6) is -0.629. The first kappa shape index (κ1) is 21.8. The Labute approximate surface area is 200 Å². The molecule has 0 saturated carbocycles. The number of aromatic nitrogens is 3. The normalized spacial score (nSPS) is 11.0. The van der Waals surface area contributed by atoms with E-state index >= 15 is 0 Å². The van der Waals surface area contributed by atoms with Gasteiger partial charge in [0.2, 0.25) is 0 Å². The first-order chi connectivity index (χ1) is 16.5. The molecule has 0 atom stereocenters. The second-order valence-electron chi connectivity index (χ2n) is 8.00. The molecule has 34 heavy (non-hydrogen) atoms. The number of halogens is 2. The zero-order chi connectivity index (χ0) is 23.7. The van der Waals surface area contributed by atoms with Gasteiger partial charge in [-0.3, -0.25) is 9.89 Å². The molecule has 0 bridgehead atoms. The molecule has 5 aromatic rings. The molecule has 0 spiro atoms. The third-order valence-corrected chi connectivity index (χ3v) is 6.01. The highest BCUT2D eigenvalue weighted by Crippen LogP contribution is 2.31. The Bertz CT molecular complexity index is 1490. The summed E-state index contributed by atoms with van der Waals surface area (Å²) < 4.78 is 13.5. The van der Waals surface area contributed by atoms with Gasteiger partial charge in [-0.2, -0.15) is 5.10 Å². The quantitative estimate of drug-likeness (QED) is 0.315. The van der Waals surface area contributed by atoms with Crippen LogP contribution in [0.15, 0.2) is 78.9 Å². The Balaban J connectivity index is 1.61. The van der Waals surface area contributed by atoms with Crippen LogP contribution in [0.25, 0.3) is 33.5 Å². The molecule has 0 saturated heterocycles. The zero-order valence-corrected chi connectivity index (χ0v) is 19.0. The lowest BCUT2D eigenvalue weighted by Gasteiger charge is -2.11. The van der Waals surface area contributed by atoms with Crippen LogP contribution < -0.4 is 5.32 Å². The molecular formula is C27H20ClFN4O. The van der Waals surface area contributed by atoms with Crippen LogP contribution >= 0.6 is 11.6 Å². The Hall–Kier alpha value is -4.03. The van der Waals surface area contributed by atoms with Gasteiger partial charge >= 0.3 is 0 Å². The van der Waals surface area contributed by atoms with E-state index < -0.39 is 0 Å². The Kier molecular flexibility index (Phi) is 5.82. The van der Waals surface area contributed by atoms with Gasteiger partial charge < -0.3 is 5.32 Å².